The molecule has 3 nitrogen and oxygen atoms in total. The maximum Gasteiger partial charge on any atom is 0.226 e. The number of hydrogen-bond donors (Lipinski definition) is 2. The fourth-order valence-electron chi connectivity index (χ4n) is 1.91. The van der Waals surface area contributed by atoms with Gasteiger partial charge >= 0.3 is 0 Å². The van der Waals surface area contributed by atoms with Crippen LogP contribution in [0.3, 0.4) is 0 Å². The lowest BCUT2D eigenvalue weighted by molar-refractivity contribution is -0.116. The molecule has 1 aromatic carbocycles. The van der Waals surface area contributed by atoms with Crippen LogP contribution < -0.4 is 10.6 Å². The van der Waals surface area contributed by atoms with E-state index in [1.54, 1.807) is 12.1 Å². The summed E-state index contributed by atoms with van der Waals surface area (Å²) < 4.78 is 13.5. The van der Waals surface area contributed by atoms with Crippen molar-refractivity contribution in [1.82, 2.24) is 5.32 Å². The zero-order chi connectivity index (χ0) is 13.0. The molecule has 6 heteroatoms. The zero-order valence-corrected chi connectivity index (χ0v) is 12.4. The Bertz CT molecular complexity index is 439. The van der Waals surface area contributed by atoms with Gasteiger partial charge in [0.2, 0.25) is 5.91 Å². The summed E-state index contributed by atoms with van der Waals surface area (Å²) in [4.78, 5) is 11.8. The highest BCUT2D eigenvalue weighted by Crippen LogP contribution is 2.17. The molecular weight excluding hydrogens is 287 g/mol. The van der Waals surface area contributed by atoms with Gasteiger partial charge in [-0.3, -0.25) is 4.79 Å². The summed E-state index contributed by atoms with van der Waals surface area (Å²) in [6, 6.07) is 4.90. The lowest BCUT2D eigenvalue weighted by Gasteiger charge is -2.22. The van der Waals surface area contributed by atoms with Crippen molar-refractivity contribution in [2.45, 2.75) is 19.4 Å². The topological polar surface area (TPSA) is 41.1 Å². The molecular formula is C13H18ClFN2OS. The van der Waals surface area contributed by atoms with Crippen LogP contribution in [0.25, 0.3) is 0 Å². The Labute approximate surface area is 123 Å². The van der Waals surface area contributed by atoms with Crippen molar-refractivity contribution in [2.24, 2.45) is 0 Å². The number of halogens is 2. The first-order chi connectivity index (χ1) is 8.65. The molecule has 1 aromatic rings. The van der Waals surface area contributed by atoms with Crippen molar-refractivity contribution < 1.29 is 9.18 Å². The molecule has 19 heavy (non-hydrogen) atoms. The third-order valence-electron chi connectivity index (χ3n) is 2.83. The molecule has 1 heterocycles. The summed E-state index contributed by atoms with van der Waals surface area (Å²) in [5, 5.41) is 5.92. The van der Waals surface area contributed by atoms with E-state index < -0.39 is 0 Å². The van der Waals surface area contributed by atoms with Gasteiger partial charge in [0.15, 0.2) is 0 Å². The van der Waals surface area contributed by atoms with Crippen LogP contribution in [0.4, 0.5) is 10.1 Å². The van der Waals surface area contributed by atoms with Gasteiger partial charge in [-0.2, -0.15) is 11.8 Å². The molecule has 1 unspecified atom stereocenters. The Balaban J connectivity index is 0.00000180. The van der Waals surface area contributed by atoms with E-state index >= 15 is 0 Å². The van der Waals surface area contributed by atoms with Crippen LogP contribution in [-0.2, 0) is 4.79 Å². The second-order valence-electron chi connectivity index (χ2n) is 4.46. The van der Waals surface area contributed by atoms with Crippen LogP contribution >= 0.6 is 24.2 Å². The van der Waals surface area contributed by atoms with Crippen molar-refractivity contribution in [3.05, 3.63) is 29.6 Å². The first-order valence-corrected chi connectivity index (χ1v) is 7.18. The van der Waals surface area contributed by atoms with Gasteiger partial charge in [0.25, 0.3) is 0 Å². The quantitative estimate of drug-likeness (QED) is 0.902. The van der Waals surface area contributed by atoms with Crippen molar-refractivity contribution >= 4 is 35.8 Å². The van der Waals surface area contributed by atoms with Crippen LogP contribution in [0.1, 0.15) is 12.0 Å². The van der Waals surface area contributed by atoms with Crippen LogP contribution in [0.15, 0.2) is 18.2 Å². The minimum Gasteiger partial charge on any atom is -0.324 e. The molecule has 1 atom stereocenters. The first-order valence-electron chi connectivity index (χ1n) is 6.02. The Hall–Kier alpha value is -0.780. The summed E-state index contributed by atoms with van der Waals surface area (Å²) in [5.41, 5.74) is 1.20. The molecule has 1 aliphatic rings. The minimum atomic E-state index is -0.389. The van der Waals surface area contributed by atoms with Gasteiger partial charge in [0.1, 0.15) is 5.82 Å². The van der Waals surface area contributed by atoms with E-state index in [-0.39, 0.29) is 35.9 Å². The molecule has 0 saturated carbocycles. The summed E-state index contributed by atoms with van der Waals surface area (Å²) in [6.45, 7) is 2.80. The molecule has 1 fully saturated rings. The van der Waals surface area contributed by atoms with Crippen LogP contribution in [0.2, 0.25) is 0 Å². The Kier molecular flexibility index (Phi) is 6.62. The van der Waals surface area contributed by atoms with Crippen LogP contribution in [0.5, 0.6) is 0 Å². The van der Waals surface area contributed by atoms with Gasteiger partial charge in [0, 0.05) is 30.5 Å². The molecule has 0 bridgehead atoms. The van der Waals surface area contributed by atoms with E-state index in [9.17, 15) is 9.18 Å². The maximum atomic E-state index is 13.5. The molecule has 2 rings (SSSR count). The second-order valence-corrected chi connectivity index (χ2v) is 5.61. The monoisotopic (exact) mass is 304 g/mol. The smallest absolute Gasteiger partial charge is 0.226 e. The zero-order valence-electron chi connectivity index (χ0n) is 10.7. The molecule has 0 radical (unpaired) electrons. The van der Waals surface area contributed by atoms with Crippen LogP contribution in [0, 0.1) is 12.7 Å². The SMILES string of the molecule is Cc1ccc(F)c(NC(=O)CC2CSCCN2)c1.Cl. The number of nitrogens with one attached hydrogen (secondary N) is 2. The molecule has 1 amide bonds. The van der Waals surface area contributed by atoms with E-state index in [4.69, 9.17) is 0 Å². The van der Waals surface area contributed by atoms with Crippen molar-refractivity contribution in [1.29, 1.82) is 0 Å². The Morgan fingerprint density at radius 2 is 2.37 bits per heavy atom. The van der Waals surface area contributed by atoms with Gasteiger partial charge < -0.3 is 10.6 Å². The fraction of sp³-hybridized carbons (Fsp3) is 0.462. The normalized spacial score (nSPS) is 18.5. The largest absolute Gasteiger partial charge is 0.324 e. The van der Waals surface area contributed by atoms with E-state index in [2.05, 4.69) is 10.6 Å². The number of hydrogen-bond acceptors (Lipinski definition) is 3. The average Bonchev–Trinajstić information content (AvgIpc) is 2.35. The third kappa shape index (κ3) is 5.01. The first kappa shape index (κ1) is 16.3. The summed E-state index contributed by atoms with van der Waals surface area (Å²) >= 11 is 1.84. The fourth-order valence-corrected chi connectivity index (χ4v) is 2.86. The molecule has 0 spiro atoms. The number of amides is 1. The molecule has 1 saturated heterocycles. The average molecular weight is 305 g/mol. The number of aryl methyl sites for hydroxylation is 1. The molecule has 2 N–H and O–H groups in total. The Morgan fingerprint density at radius 3 is 3.05 bits per heavy atom. The molecule has 106 valence electrons. The number of rotatable bonds is 3. The van der Waals surface area contributed by atoms with E-state index in [0.29, 0.717) is 6.42 Å². The lowest BCUT2D eigenvalue weighted by Crippen LogP contribution is -2.39. The highest BCUT2D eigenvalue weighted by molar-refractivity contribution is 7.99. The van der Waals surface area contributed by atoms with Crippen LogP contribution in [-0.4, -0.2) is 30.0 Å². The predicted molar refractivity (Wildman–Crippen MR) is 80.7 cm³/mol. The summed E-state index contributed by atoms with van der Waals surface area (Å²) in [7, 11) is 0. The third-order valence-corrected chi connectivity index (χ3v) is 3.96. The standard InChI is InChI=1S/C13H17FN2OS.ClH/c1-9-2-3-11(14)12(6-9)16-13(17)7-10-8-18-5-4-15-10;/h2-3,6,10,15H,4-5,7-8H2,1H3,(H,16,17);1H. The Morgan fingerprint density at radius 1 is 1.58 bits per heavy atom. The van der Waals surface area contributed by atoms with E-state index in [1.165, 1.54) is 6.07 Å². The predicted octanol–water partition coefficient (Wildman–Crippen LogP) is 2.59. The van der Waals surface area contributed by atoms with Gasteiger partial charge in [0.05, 0.1) is 5.69 Å². The van der Waals surface area contributed by atoms with E-state index in [1.807, 2.05) is 18.7 Å². The number of carbonyl (C=O) groups excluding carboxylic acids is 1. The number of carbonyl (C=O) groups is 1. The second kappa shape index (κ2) is 7.72. The van der Waals surface area contributed by atoms with Gasteiger partial charge in [-0.05, 0) is 24.6 Å². The minimum absolute atomic E-state index is 0. The summed E-state index contributed by atoms with van der Waals surface area (Å²) in [6.07, 6.45) is 0.389. The summed E-state index contributed by atoms with van der Waals surface area (Å²) in [5.74, 6) is 1.49. The van der Waals surface area contributed by atoms with Crippen molar-refractivity contribution in [2.75, 3.05) is 23.4 Å². The van der Waals surface area contributed by atoms with Crippen molar-refractivity contribution in [3.63, 3.8) is 0 Å². The molecule has 0 aromatic heterocycles. The van der Waals surface area contributed by atoms with Gasteiger partial charge in [-0.15, -0.1) is 12.4 Å². The lowest BCUT2D eigenvalue weighted by atomic mass is 10.2. The molecule has 0 aliphatic carbocycles. The maximum absolute atomic E-state index is 13.5. The van der Waals surface area contributed by atoms with Crippen molar-refractivity contribution in [3.8, 4) is 0 Å². The van der Waals surface area contributed by atoms with Gasteiger partial charge in [-0.1, -0.05) is 6.07 Å². The highest BCUT2D eigenvalue weighted by Gasteiger charge is 2.17. The number of benzene rings is 1. The highest BCUT2D eigenvalue weighted by atomic mass is 35.5. The van der Waals surface area contributed by atoms with Gasteiger partial charge in [-0.25, -0.2) is 4.39 Å². The number of anilines is 1. The molecule has 1 aliphatic heterocycles. The van der Waals surface area contributed by atoms with E-state index in [0.717, 1.165) is 23.6 Å². The number of thioether (sulfide) groups is 1.